The van der Waals surface area contributed by atoms with Crippen molar-refractivity contribution in [3.8, 4) is 29.0 Å². The zero-order valence-corrected chi connectivity index (χ0v) is 21.7. The lowest BCUT2D eigenvalue weighted by Crippen LogP contribution is -2.07. The third-order valence-electron chi connectivity index (χ3n) is 4.72. The highest BCUT2D eigenvalue weighted by atomic mass is 35.5. The Labute approximate surface area is 225 Å². The largest absolute Gasteiger partial charge is 0.493 e. The molecule has 0 saturated carbocycles. The minimum atomic E-state index is -4.87. The molecule has 0 saturated heterocycles. The van der Waals surface area contributed by atoms with E-state index in [2.05, 4.69) is 10.1 Å². The molecule has 2 aromatic carbocycles. The second-order valence-electron chi connectivity index (χ2n) is 7.08. The Hall–Kier alpha value is -3.28. The van der Waals surface area contributed by atoms with Gasteiger partial charge in [0.1, 0.15) is 11.8 Å². The van der Waals surface area contributed by atoms with Crippen LogP contribution in [-0.2, 0) is 6.18 Å². The van der Waals surface area contributed by atoms with Crippen molar-refractivity contribution in [2.75, 3.05) is 21.3 Å². The molecule has 38 heavy (non-hydrogen) atoms. The lowest BCUT2D eigenvalue weighted by molar-refractivity contribution is -0.137. The van der Waals surface area contributed by atoms with Crippen molar-refractivity contribution >= 4 is 47.0 Å². The first kappa shape index (κ1) is 29.3. The fraction of sp³-hybridized carbons (Fsp3) is 0.227. The molecule has 0 aliphatic rings. The van der Waals surface area contributed by atoms with Crippen molar-refractivity contribution in [1.29, 1.82) is 5.26 Å². The molecule has 0 atom stereocenters. The minimum Gasteiger partial charge on any atom is -0.493 e. The van der Waals surface area contributed by atoms with Crippen molar-refractivity contribution in [2.24, 2.45) is 4.99 Å². The summed E-state index contributed by atoms with van der Waals surface area (Å²) in [4.78, 5) is 3.35. The lowest BCUT2D eigenvalue weighted by atomic mass is 10.2. The number of nitriles is 1. The van der Waals surface area contributed by atoms with Gasteiger partial charge in [0.05, 0.1) is 41.8 Å². The van der Waals surface area contributed by atoms with Gasteiger partial charge >= 0.3 is 11.7 Å². The SMILES string of the molecule is COc1cc(C=Nc2c(SC(F)(F)F)c(C#N)nn2-c2c(Cl)cc(C(F)(F)F)cc2Cl)cc(OC)c1OC. The van der Waals surface area contributed by atoms with Gasteiger partial charge in [-0.05, 0) is 36.0 Å². The molecule has 0 amide bonds. The van der Waals surface area contributed by atoms with Crippen LogP contribution in [0, 0.1) is 11.3 Å². The van der Waals surface area contributed by atoms with Crippen LogP contribution < -0.4 is 14.2 Å². The third-order valence-corrected chi connectivity index (χ3v) is 6.11. The summed E-state index contributed by atoms with van der Waals surface area (Å²) in [5, 5.41) is 12.1. The smallest absolute Gasteiger partial charge is 0.446 e. The second kappa shape index (κ2) is 11.2. The number of thioether (sulfide) groups is 1. The molecule has 16 heteroatoms. The normalized spacial score (nSPS) is 12.1. The topological polar surface area (TPSA) is 81.7 Å². The Kier molecular flexibility index (Phi) is 8.65. The summed E-state index contributed by atoms with van der Waals surface area (Å²) in [7, 11) is 4.06. The molecule has 0 N–H and O–H groups in total. The molecule has 1 heterocycles. The van der Waals surface area contributed by atoms with Crippen LogP contribution >= 0.6 is 35.0 Å². The van der Waals surface area contributed by atoms with Gasteiger partial charge in [0, 0.05) is 11.8 Å². The first-order valence-corrected chi connectivity index (χ1v) is 11.5. The Bertz CT molecular complexity index is 1390. The highest BCUT2D eigenvalue weighted by Crippen LogP contribution is 2.46. The van der Waals surface area contributed by atoms with Gasteiger partial charge in [-0.1, -0.05) is 23.2 Å². The standard InChI is InChI=1S/C22H14Cl2F6N4O3S/c1-35-15-4-10(5-16(36-2)18(15)37-3)9-32-20-19(38-22(28,29)30)14(8-31)33-34(20)17-12(23)6-11(7-13(17)24)21(25,26)27/h4-7,9H,1-3H3. The first-order chi connectivity index (χ1) is 17.7. The van der Waals surface area contributed by atoms with Crippen molar-refractivity contribution in [3.05, 3.63) is 51.1 Å². The van der Waals surface area contributed by atoms with Crippen LogP contribution in [0.25, 0.3) is 5.69 Å². The van der Waals surface area contributed by atoms with E-state index < -0.39 is 61.1 Å². The van der Waals surface area contributed by atoms with Gasteiger partial charge in [-0.25, -0.2) is 9.67 Å². The Morgan fingerprint density at radius 1 is 0.974 bits per heavy atom. The van der Waals surface area contributed by atoms with E-state index in [0.717, 1.165) is 6.21 Å². The Morgan fingerprint density at radius 2 is 1.53 bits per heavy atom. The average Bonchev–Trinajstić information content (AvgIpc) is 3.15. The highest BCUT2D eigenvalue weighted by molar-refractivity contribution is 8.00. The van der Waals surface area contributed by atoms with Gasteiger partial charge in [-0.3, -0.25) is 0 Å². The molecule has 1 aromatic heterocycles. The van der Waals surface area contributed by atoms with Gasteiger partial charge in [-0.15, -0.1) is 0 Å². The molecule has 0 aliphatic heterocycles. The van der Waals surface area contributed by atoms with Gasteiger partial charge in [0.25, 0.3) is 0 Å². The van der Waals surface area contributed by atoms with E-state index in [4.69, 9.17) is 37.4 Å². The predicted octanol–water partition coefficient (Wildman–Crippen LogP) is 7.46. The number of ether oxygens (including phenoxy) is 3. The van der Waals surface area contributed by atoms with Crippen molar-refractivity contribution in [2.45, 2.75) is 16.6 Å². The zero-order chi connectivity index (χ0) is 28.4. The van der Waals surface area contributed by atoms with Crippen molar-refractivity contribution in [1.82, 2.24) is 9.78 Å². The Balaban J connectivity index is 2.29. The molecule has 0 aliphatic carbocycles. The van der Waals surface area contributed by atoms with Gasteiger partial charge in [-0.2, -0.15) is 36.7 Å². The van der Waals surface area contributed by atoms with Crippen LogP contribution in [0.1, 0.15) is 16.8 Å². The van der Waals surface area contributed by atoms with Gasteiger partial charge < -0.3 is 14.2 Å². The number of aromatic nitrogens is 2. The maximum atomic E-state index is 13.4. The monoisotopic (exact) mass is 598 g/mol. The van der Waals surface area contributed by atoms with E-state index in [1.54, 1.807) is 0 Å². The molecule has 0 radical (unpaired) electrons. The summed E-state index contributed by atoms with van der Waals surface area (Å²) < 4.78 is 96.1. The van der Waals surface area contributed by atoms with E-state index in [9.17, 15) is 31.6 Å². The summed E-state index contributed by atoms with van der Waals surface area (Å²) in [6.45, 7) is 0. The summed E-state index contributed by atoms with van der Waals surface area (Å²) >= 11 is 11.4. The van der Waals surface area contributed by atoms with E-state index in [1.165, 1.54) is 39.5 Å². The van der Waals surface area contributed by atoms with Gasteiger partial charge in [0.2, 0.25) is 5.75 Å². The molecule has 0 bridgehead atoms. The summed E-state index contributed by atoms with van der Waals surface area (Å²) in [6, 6.07) is 5.45. The summed E-state index contributed by atoms with van der Waals surface area (Å²) in [5.74, 6) is 0.0817. The van der Waals surface area contributed by atoms with Crippen LogP contribution in [-0.4, -0.2) is 42.8 Å². The van der Waals surface area contributed by atoms with E-state index in [0.29, 0.717) is 16.8 Å². The number of hydrogen-bond donors (Lipinski definition) is 0. The number of hydrogen-bond acceptors (Lipinski definition) is 7. The molecular formula is C22H14Cl2F6N4O3S. The number of alkyl halides is 6. The fourth-order valence-corrected chi connectivity index (χ4v) is 4.48. The quantitative estimate of drug-likeness (QED) is 0.159. The van der Waals surface area contributed by atoms with E-state index >= 15 is 0 Å². The third kappa shape index (κ3) is 6.23. The molecule has 0 fully saturated rings. The zero-order valence-electron chi connectivity index (χ0n) is 19.3. The molecule has 7 nitrogen and oxygen atoms in total. The van der Waals surface area contributed by atoms with E-state index in [1.807, 2.05) is 0 Å². The molecular weight excluding hydrogens is 585 g/mol. The first-order valence-electron chi connectivity index (χ1n) is 9.93. The number of halogens is 8. The predicted molar refractivity (Wildman–Crippen MR) is 129 cm³/mol. The Morgan fingerprint density at radius 3 is 1.95 bits per heavy atom. The summed E-state index contributed by atoms with van der Waals surface area (Å²) in [5.41, 5.74) is -6.93. The second-order valence-corrected chi connectivity index (χ2v) is 8.97. The molecule has 0 spiro atoms. The van der Waals surface area contributed by atoms with Crippen LogP contribution in [0.5, 0.6) is 17.2 Å². The molecule has 0 unspecified atom stereocenters. The number of methoxy groups -OCH3 is 3. The van der Waals surface area contributed by atoms with E-state index in [-0.39, 0.29) is 22.8 Å². The van der Waals surface area contributed by atoms with Gasteiger partial charge in [0.15, 0.2) is 23.0 Å². The number of nitrogens with zero attached hydrogens (tertiary/aromatic N) is 4. The number of benzene rings is 2. The number of rotatable bonds is 7. The van der Waals surface area contributed by atoms with Crippen molar-refractivity contribution in [3.63, 3.8) is 0 Å². The van der Waals surface area contributed by atoms with Crippen molar-refractivity contribution < 1.29 is 40.6 Å². The summed E-state index contributed by atoms with van der Waals surface area (Å²) in [6.07, 6.45) is -3.70. The average molecular weight is 599 g/mol. The maximum Gasteiger partial charge on any atom is 0.446 e. The van der Waals surface area contributed by atoms with Crippen LogP contribution in [0.15, 0.2) is 34.2 Å². The fourth-order valence-electron chi connectivity index (χ4n) is 3.19. The molecule has 202 valence electrons. The lowest BCUT2D eigenvalue weighted by Gasteiger charge is -2.14. The minimum absolute atomic E-state index is 0.207. The molecule has 3 aromatic rings. The van der Waals surface area contributed by atoms with Crippen LogP contribution in [0.3, 0.4) is 0 Å². The maximum absolute atomic E-state index is 13.4. The molecule has 3 rings (SSSR count). The van der Waals surface area contributed by atoms with Crippen LogP contribution in [0.4, 0.5) is 32.2 Å². The highest BCUT2D eigenvalue weighted by Gasteiger charge is 2.36. The van der Waals surface area contributed by atoms with Crippen LogP contribution in [0.2, 0.25) is 10.0 Å². The number of aliphatic imine (C=N–C) groups is 1.